The quantitative estimate of drug-likeness (QED) is 0.796. The van der Waals surface area contributed by atoms with E-state index in [0.29, 0.717) is 5.56 Å². The lowest BCUT2D eigenvalue weighted by molar-refractivity contribution is 0.183. The van der Waals surface area contributed by atoms with Crippen molar-refractivity contribution in [3.8, 4) is 6.07 Å². The topological polar surface area (TPSA) is 73.2 Å². The second-order valence-electron chi connectivity index (χ2n) is 7.99. The molecule has 5 nitrogen and oxygen atoms in total. The van der Waals surface area contributed by atoms with Crippen molar-refractivity contribution in [1.29, 1.82) is 5.26 Å². The molecule has 2 aromatic rings. The van der Waals surface area contributed by atoms with Crippen molar-refractivity contribution in [2.45, 2.75) is 30.2 Å². The Hall–Kier alpha value is -2.46. The van der Waals surface area contributed by atoms with Crippen molar-refractivity contribution >= 4 is 16.1 Å². The van der Waals surface area contributed by atoms with Gasteiger partial charge >= 0.3 is 0 Å². The molecule has 1 unspecified atom stereocenters. The summed E-state index contributed by atoms with van der Waals surface area (Å²) in [6, 6.07) is 18.5. The summed E-state index contributed by atoms with van der Waals surface area (Å²) in [5.74, 6) is 0. The van der Waals surface area contributed by atoms with Crippen molar-refractivity contribution in [3.05, 3.63) is 71.8 Å². The van der Waals surface area contributed by atoms with Crippen LogP contribution in [0, 0.1) is 16.7 Å². The van der Waals surface area contributed by atoms with E-state index in [-0.39, 0.29) is 16.4 Å². The molecular weight excluding hydrogens is 382 g/mol. The van der Waals surface area contributed by atoms with Crippen molar-refractivity contribution in [2.75, 3.05) is 19.6 Å². The highest BCUT2D eigenvalue weighted by Crippen LogP contribution is 2.54. The zero-order valence-electron chi connectivity index (χ0n) is 16.3. The van der Waals surface area contributed by atoms with Gasteiger partial charge in [0.2, 0.25) is 10.0 Å². The Labute approximate surface area is 172 Å². The van der Waals surface area contributed by atoms with E-state index in [2.05, 4.69) is 33.9 Å². The average molecular weight is 408 g/mol. The lowest BCUT2D eigenvalue weighted by Crippen LogP contribution is -2.38. The van der Waals surface area contributed by atoms with Gasteiger partial charge in [-0.15, -0.1) is 0 Å². The fraction of sp³-hybridized carbons (Fsp3) is 0.348. The monoisotopic (exact) mass is 407 g/mol. The van der Waals surface area contributed by atoms with Crippen molar-refractivity contribution in [3.63, 3.8) is 0 Å². The zero-order valence-corrected chi connectivity index (χ0v) is 17.1. The lowest BCUT2D eigenvalue weighted by Gasteiger charge is -2.32. The summed E-state index contributed by atoms with van der Waals surface area (Å²) in [6.45, 7) is 2.89. The molecule has 1 spiro atoms. The molecular formula is C23H25N3O2S. The maximum atomic E-state index is 12.7. The van der Waals surface area contributed by atoms with Crippen LogP contribution >= 0.6 is 0 Å². The largest absolute Gasteiger partial charge is 0.300 e. The van der Waals surface area contributed by atoms with Crippen molar-refractivity contribution < 1.29 is 8.42 Å². The summed E-state index contributed by atoms with van der Waals surface area (Å²) >= 11 is 0. The van der Waals surface area contributed by atoms with Gasteiger partial charge in [0.05, 0.1) is 16.5 Å². The molecule has 0 aromatic heterocycles. The summed E-state index contributed by atoms with van der Waals surface area (Å²) in [5.41, 5.74) is 1.66. The highest BCUT2D eigenvalue weighted by Gasteiger charge is 2.56. The molecule has 1 aliphatic carbocycles. The molecule has 2 fully saturated rings. The first-order chi connectivity index (χ1) is 14.0. The molecule has 1 saturated carbocycles. The first-order valence-corrected chi connectivity index (χ1v) is 11.5. The van der Waals surface area contributed by atoms with Crippen molar-refractivity contribution in [1.82, 2.24) is 9.62 Å². The molecule has 0 amide bonds. The Balaban J connectivity index is 1.29. The van der Waals surface area contributed by atoms with E-state index >= 15 is 0 Å². The molecule has 2 aromatic carbocycles. The van der Waals surface area contributed by atoms with Gasteiger partial charge in [-0.1, -0.05) is 48.6 Å². The second kappa shape index (κ2) is 8.11. The van der Waals surface area contributed by atoms with Gasteiger partial charge in [0.15, 0.2) is 0 Å². The normalized spacial score (nSPS) is 21.3. The maximum absolute atomic E-state index is 12.7. The fourth-order valence-corrected chi connectivity index (χ4v) is 5.52. The molecule has 0 bridgehead atoms. The van der Waals surface area contributed by atoms with E-state index in [0.717, 1.165) is 38.9 Å². The number of benzene rings is 2. The molecule has 0 radical (unpaired) electrons. The van der Waals surface area contributed by atoms with Crippen LogP contribution in [0.5, 0.6) is 0 Å². The predicted octanol–water partition coefficient (Wildman–Crippen LogP) is 3.40. The summed E-state index contributed by atoms with van der Waals surface area (Å²) in [5, 5.41) is 9.00. The minimum absolute atomic E-state index is 0.000234. The molecule has 150 valence electrons. The van der Waals surface area contributed by atoms with Crippen LogP contribution in [0.3, 0.4) is 0 Å². The number of rotatable bonds is 6. The molecule has 6 heteroatoms. The fourth-order valence-electron chi connectivity index (χ4n) is 4.14. The minimum Gasteiger partial charge on any atom is -0.300 e. The molecule has 1 aliphatic heterocycles. The summed E-state index contributed by atoms with van der Waals surface area (Å²) in [4.78, 5) is 2.59. The van der Waals surface area contributed by atoms with Gasteiger partial charge in [0.25, 0.3) is 0 Å². The summed E-state index contributed by atoms with van der Waals surface area (Å²) in [7, 11) is -3.59. The van der Waals surface area contributed by atoms with Crippen LogP contribution in [0.2, 0.25) is 0 Å². The highest BCUT2D eigenvalue weighted by molar-refractivity contribution is 7.89. The average Bonchev–Trinajstić information content (AvgIpc) is 3.40. The molecule has 1 atom stereocenters. The SMILES string of the molecule is N#Cc1cccc(S(=O)(=O)NC2CC23CCN(C/C=C/c2ccccc2)CC3)c1. The number of likely N-dealkylation sites (tertiary alicyclic amines) is 1. The second-order valence-corrected chi connectivity index (χ2v) is 9.71. The third-order valence-electron chi connectivity index (χ3n) is 6.09. The van der Waals surface area contributed by atoms with Gasteiger partial charge in [-0.2, -0.15) is 5.26 Å². The Morgan fingerprint density at radius 1 is 1.14 bits per heavy atom. The standard InChI is InChI=1S/C23H25N3O2S/c24-18-20-8-4-10-21(16-20)29(27,28)25-22-17-23(22)11-14-26(15-12-23)13-5-9-19-6-2-1-3-7-19/h1-10,16,22,25H,11-15,17H2/b9-5+. The van der Waals surface area contributed by atoms with E-state index in [1.54, 1.807) is 18.2 Å². The van der Waals surface area contributed by atoms with E-state index in [1.807, 2.05) is 24.3 Å². The highest BCUT2D eigenvalue weighted by atomic mass is 32.2. The van der Waals surface area contributed by atoms with E-state index in [1.165, 1.54) is 11.6 Å². The molecule has 4 rings (SSSR count). The smallest absolute Gasteiger partial charge is 0.240 e. The van der Waals surface area contributed by atoms with Crippen LogP contribution in [0.25, 0.3) is 6.08 Å². The maximum Gasteiger partial charge on any atom is 0.240 e. The molecule has 1 saturated heterocycles. The molecule has 1 heterocycles. The first-order valence-electron chi connectivity index (χ1n) is 9.97. The van der Waals surface area contributed by atoms with Gasteiger partial charge in [-0.3, -0.25) is 4.90 Å². The first kappa shape index (κ1) is 19.8. The van der Waals surface area contributed by atoms with Crippen LogP contribution in [-0.4, -0.2) is 39.0 Å². The molecule has 2 aliphatic rings. The number of nitriles is 1. The van der Waals surface area contributed by atoms with Crippen LogP contribution in [0.15, 0.2) is 65.6 Å². The summed E-state index contributed by atoms with van der Waals surface area (Å²) in [6.07, 6.45) is 7.27. The minimum atomic E-state index is -3.59. The molecule has 1 N–H and O–H groups in total. The summed E-state index contributed by atoms with van der Waals surface area (Å²) < 4.78 is 28.2. The van der Waals surface area contributed by atoms with Crippen LogP contribution < -0.4 is 4.72 Å². The predicted molar refractivity (Wildman–Crippen MR) is 113 cm³/mol. The molecule has 29 heavy (non-hydrogen) atoms. The van der Waals surface area contributed by atoms with Gasteiger partial charge in [-0.25, -0.2) is 13.1 Å². The number of nitrogens with zero attached hydrogens (tertiary/aromatic N) is 2. The number of nitrogens with one attached hydrogen (secondary N) is 1. The van der Waals surface area contributed by atoms with Crippen LogP contribution in [0.1, 0.15) is 30.4 Å². The van der Waals surface area contributed by atoms with Gasteiger partial charge in [-0.05, 0) is 61.5 Å². The number of hydrogen-bond acceptors (Lipinski definition) is 4. The third kappa shape index (κ3) is 4.59. The Morgan fingerprint density at radius 3 is 2.62 bits per heavy atom. The van der Waals surface area contributed by atoms with Gasteiger partial charge < -0.3 is 0 Å². The van der Waals surface area contributed by atoms with Gasteiger partial charge in [0, 0.05) is 12.6 Å². The van der Waals surface area contributed by atoms with E-state index in [9.17, 15) is 8.42 Å². The van der Waals surface area contributed by atoms with Gasteiger partial charge in [0.1, 0.15) is 0 Å². The zero-order chi connectivity index (χ0) is 20.3. The Morgan fingerprint density at radius 2 is 1.90 bits per heavy atom. The van der Waals surface area contributed by atoms with Crippen LogP contribution in [-0.2, 0) is 10.0 Å². The number of sulfonamides is 1. The van der Waals surface area contributed by atoms with E-state index in [4.69, 9.17) is 5.26 Å². The Kier molecular flexibility index (Phi) is 5.55. The lowest BCUT2D eigenvalue weighted by atomic mass is 9.93. The van der Waals surface area contributed by atoms with Crippen LogP contribution in [0.4, 0.5) is 0 Å². The third-order valence-corrected chi connectivity index (χ3v) is 7.56. The number of hydrogen-bond donors (Lipinski definition) is 1. The number of piperidine rings is 1. The Bertz CT molecular complexity index is 1030. The van der Waals surface area contributed by atoms with Crippen molar-refractivity contribution in [2.24, 2.45) is 5.41 Å². The van der Waals surface area contributed by atoms with E-state index < -0.39 is 10.0 Å².